The number of carbonyl (C=O) groups excluding carboxylic acids is 3. The maximum absolute atomic E-state index is 13.0. The molecule has 0 radical (unpaired) electrons. The predicted molar refractivity (Wildman–Crippen MR) is 121 cm³/mol. The van der Waals surface area contributed by atoms with Crippen LogP contribution in [0.15, 0.2) is 48.5 Å². The Labute approximate surface area is 200 Å². The van der Waals surface area contributed by atoms with Crippen molar-refractivity contribution in [2.75, 3.05) is 26.7 Å². The van der Waals surface area contributed by atoms with Gasteiger partial charge in [-0.1, -0.05) is 23.7 Å². The number of amides is 3. The number of rotatable bonds is 6. The van der Waals surface area contributed by atoms with Crippen molar-refractivity contribution in [2.45, 2.75) is 25.6 Å². The van der Waals surface area contributed by atoms with Crippen molar-refractivity contribution >= 4 is 29.3 Å². The van der Waals surface area contributed by atoms with Gasteiger partial charge in [0, 0.05) is 42.8 Å². The summed E-state index contributed by atoms with van der Waals surface area (Å²) in [6.07, 6.45) is -3.09. The molecule has 182 valence electrons. The summed E-state index contributed by atoms with van der Waals surface area (Å²) in [6.45, 7) is -0.232. The van der Waals surface area contributed by atoms with Gasteiger partial charge < -0.3 is 15.1 Å². The molecule has 3 rings (SSSR count). The standard InChI is InChI=1S/C24H25ClF3N3O3/c1-30(13-16-4-6-17(7-5-16)21(32)29-15-24(26,27)28)22(33)19-3-2-12-31(14-19)23(34)18-8-10-20(25)11-9-18/h4-11,19H,2-3,12-15H2,1H3,(H,29,32). The van der Waals surface area contributed by atoms with Crippen molar-refractivity contribution in [3.05, 3.63) is 70.2 Å². The molecule has 0 aromatic heterocycles. The number of alkyl halides is 3. The fraction of sp³-hybridized carbons (Fsp3) is 0.375. The van der Waals surface area contributed by atoms with Gasteiger partial charge in [-0.25, -0.2) is 0 Å². The molecular formula is C24H25ClF3N3O3. The maximum atomic E-state index is 13.0. The van der Waals surface area contributed by atoms with Crippen molar-refractivity contribution in [1.29, 1.82) is 0 Å². The Morgan fingerprint density at radius 2 is 1.68 bits per heavy atom. The lowest BCUT2D eigenvalue weighted by Crippen LogP contribution is -2.45. The topological polar surface area (TPSA) is 69.7 Å². The largest absolute Gasteiger partial charge is 0.405 e. The maximum Gasteiger partial charge on any atom is 0.405 e. The summed E-state index contributed by atoms with van der Waals surface area (Å²) in [7, 11) is 1.66. The van der Waals surface area contributed by atoms with Crippen LogP contribution >= 0.6 is 11.6 Å². The Kier molecular flexibility index (Phi) is 8.19. The molecule has 1 aliphatic heterocycles. The lowest BCUT2D eigenvalue weighted by atomic mass is 9.95. The van der Waals surface area contributed by atoms with Crippen LogP contribution in [0.1, 0.15) is 39.1 Å². The van der Waals surface area contributed by atoms with Crippen LogP contribution in [0.5, 0.6) is 0 Å². The lowest BCUT2D eigenvalue weighted by Gasteiger charge is -2.34. The van der Waals surface area contributed by atoms with E-state index in [0.29, 0.717) is 36.5 Å². The second-order valence-electron chi connectivity index (χ2n) is 8.29. The Balaban J connectivity index is 1.56. The summed E-state index contributed by atoms with van der Waals surface area (Å²) < 4.78 is 36.8. The molecular weight excluding hydrogens is 471 g/mol. The van der Waals surface area contributed by atoms with Gasteiger partial charge in [-0.05, 0) is 54.8 Å². The molecule has 3 amide bonds. The first kappa shape index (κ1) is 25.6. The van der Waals surface area contributed by atoms with Gasteiger partial charge in [0.2, 0.25) is 5.91 Å². The van der Waals surface area contributed by atoms with Crippen LogP contribution < -0.4 is 5.32 Å². The number of halogens is 4. The molecule has 1 N–H and O–H groups in total. The molecule has 1 fully saturated rings. The number of nitrogens with zero attached hydrogens (tertiary/aromatic N) is 2. The van der Waals surface area contributed by atoms with Crippen molar-refractivity contribution in [3.8, 4) is 0 Å². The van der Waals surface area contributed by atoms with E-state index in [-0.39, 0.29) is 29.8 Å². The number of piperidine rings is 1. The highest BCUT2D eigenvalue weighted by atomic mass is 35.5. The van der Waals surface area contributed by atoms with Crippen LogP contribution in [0.25, 0.3) is 0 Å². The molecule has 6 nitrogen and oxygen atoms in total. The zero-order valence-electron chi connectivity index (χ0n) is 18.6. The number of hydrogen-bond donors (Lipinski definition) is 1. The smallest absolute Gasteiger partial charge is 0.343 e. The van der Waals surface area contributed by atoms with E-state index >= 15 is 0 Å². The quantitative estimate of drug-likeness (QED) is 0.654. The monoisotopic (exact) mass is 495 g/mol. The first-order valence-electron chi connectivity index (χ1n) is 10.8. The Hall–Kier alpha value is -3.07. The normalized spacial score (nSPS) is 16.1. The number of benzene rings is 2. The summed E-state index contributed by atoms with van der Waals surface area (Å²) in [4.78, 5) is 40.9. The van der Waals surface area contributed by atoms with Gasteiger partial charge in [0.25, 0.3) is 11.8 Å². The number of hydrogen-bond acceptors (Lipinski definition) is 3. The molecule has 1 aliphatic rings. The minimum atomic E-state index is -4.48. The molecule has 34 heavy (non-hydrogen) atoms. The highest BCUT2D eigenvalue weighted by Crippen LogP contribution is 2.22. The summed E-state index contributed by atoms with van der Waals surface area (Å²) >= 11 is 5.89. The fourth-order valence-corrected chi connectivity index (χ4v) is 3.97. The van der Waals surface area contributed by atoms with Crippen molar-refractivity contribution in [2.24, 2.45) is 5.92 Å². The summed E-state index contributed by atoms with van der Waals surface area (Å²) in [5.74, 6) is -1.39. The minimum absolute atomic E-state index is 0.0967. The SMILES string of the molecule is CN(Cc1ccc(C(=O)NCC(F)(F)F)cc1)C(=O)C1CCCN(C(=O)c2ccc(Cl)cc2)C1. The molecule has 0 aliphatic carbocycles. The lowest BCUT2D eigenvalue weighted by molar-refractivity contribution is -0.136. The molecule has 0 spiro atoms. The number of nitrogens with one attached hydrogen (secondary N) is 1. The van der Waals surface area contributed by atoms with Gasteiger partial charge >= 0.3 is 6.18 Å². The van der Waals surface area contributed by atoms with Gasteiger partial charge in [-0.2, -0.15) is 13.2 Å². The summed E-state index contributed by atoms with van der Waals surface area (Å²) in [5.41, 5.74) is 1.35. The summed E-state index contributed by atoms with van der Waals surface area (Å²) in [6, 6.07) is 12.7. The predicted octanol–water partition coefficient (Wildman–Crippen LogP) is 4.14. The van der Waals surface area contributed by atoms with Crippen LogP contribution in [0.3, 0.4) is 0 Å². The summed E-state index contributed by atoms with van der Waals surface area (Å²) in [5, 5.41) is 2.36. The molecule has 0 bridgehead atoms. The van der Waals surface area contributed by atoms with Gasteiger partial charge in [-0.3, -0.25) is 14.4 Å². The Bertz CT molecular complexity index is 1030. The van der Waals surface area contributed by atoms with Crippen LogP contribution in [0.4, 0.5) is 13.2 Å². The van der Waals surface area contributed by atoms with Crippen molar-refractivity contribution < 1.29 is 27.6 Å². The first-order valence-corrected chi connectivity index (χ1v) is 11.1. The average Bonchev–Trinajstić information content (AvgIpc) is 2.82. The number of likely N-dealkylation sites (tertiary alicyclic amines) is 1. The van der Waals surface area contributed by atoms with Gasteiger partial charge in [0.1, 0.15) is 6.54 Å². The van der Waals surface area contributed by atoms with E-state index in [1.165, 1.54) is 12.1 Å². The van der Waals surface area contributed by atoms with E-state index < -0.39 is 18.6 Å². The molecule has 0 saturated carbocycles. The van der Waals surface area contributed by atoms with Crippen LogP contribution in [-0.2, 0) is 11.3 Å². The van der Waals surface area contributed by atoms with E-state index in [9.17, 15) is 27.6 Å². The number of carbonyl (C=O) groups is 3. The zero-order chi connectivity index (χ0) is 24.9. The molecule has 1 saturated heterocycles. The van der Waals surface area contributed by atoms with Crippen LogP contribution in [-0.4, -0.2) is 60.4 Å². The van der Waals surface area contributed by atoms with Gasteiger partial charge in [0.15, 0.2) is 0 Å². The van der Waals surface area contributed by atoms with E-state index in [0.717, 1.165) is 5.56 Å². The second kappa shape index (κ2) is 10.9. The molecule has 1 heterocycles. The van der Waals surface area contributed by atoms with E-state index in [1.807, 2.05) is 5.32 Å². The molecule has 2 aromatic carbocycles. The highest BCUT2D eigenvalue weighted by Gasteiger charge is 2.31. The van der Waals surface area contributed by atoms with E-state index in [1.54, 1.807) is 53.2 Å². The van der Waals surface area contributed by atoms with E-state index in [4.69, 9.17) is 11.6 Å². The molecule has 1 atom stereocenters. The third kappa shape index (κ3) is 6.96. The molecule has 2 aromatic rings. The highest BCUT2D eigenvalue weighted by molar-refractivity contribution is 6.30. The molecule has 1 unspecified atom stereocenters. The third-order valence-electron chi connectivity index (χ3n) is 5.61. The van der Waals surface area contributed by atoms with Gasteiger partial charge in [-0.15, -0.1) is 0 Å². The third-order valence-corrected chi connectivity index (χ3v) is 5.86. The van der Waals surface area contributed by atoms with Crippen LogP contribution in [0, 0.1) is 5.92 Å². The Morgan fingerprint density at radius 3 is 2.29 bits per heavy atom. The van der Waals surface area contributed by atoms with Gasteiger partial charge in [0.05, 0.1) is 5.92 Å². The minimum Gasteiger partial charge on any atom is -0.343 e. The van der Waals surface area contributed by atoms with E-state index in [2.05, 4.69) is 0 Å². The van der Waals surface area contributed by atoms with Crippen molar-refractivity contribution in [1.82, 2.24) is 15.1 Å². The zero-order valence-corrected chi connectivity index (χ0v) is 19.3. The Morgan fingerprint density at radius 1 is 1.06 bits per heavy atom. The van der Waals surface area contributed by atoms with Crippen molar-refractivity contribution in [3.63, 3.8) is 0 Å². The first-order chi connectivity index (χ1) is 16.0. The fourth-order valence-electron chi connectivity index (χ4n) is 3.85. The second-order valence-corrected chi connectivity index (χ2v) is 8.72. The molecule has 10 heteroatoms. The average molecular weight is 496 g/mol. The van der Waals surface area contributed by atoms with Crippen LogP contribution in [0.2, 0.25) is 5.02 Å².